The van der Waals surface area contributed by atoms with Crippen LogP contribution in [0.2, 0.25) is 0 Å². The molecule has 0 radical (unpaired) electrons. The first-order valence-corrected chi connectivity index (χ1v) is 9.68. The van der Waals surface area contributed by atoms with Crippen molar-refractivity contribution in [1.29, 1.82) is 0 Å². The number of hydrogen-bond acceptors (Lipinski definition) is 3. The van der Waals surface area contributed by atoms with E-state index in [0.29, 0.717) is 10.9 Å². The predicted octanol–water partition coefficient (Wildman–Crippen LogP) is 4.44. The van der Waals surface area contributed by atoms with Gasteiger partial charge in [0.05, 0.1) is 22.2 Å². The van der Waals surface area contributed by atoms with Gasteiger partial charge >= 0.3 is 6.18 Å². The summed E-state index contributed by atoms with van der Waals surface area (Å²) in [5.74, 6) is -0.725. The quantitative estimate of drug-likeness (QED) is 0.835. The largest absolute Gasteiger partial charge is 0.416 e. The van der Waals surface area contributed by atoms with Crippen molar-refractivity contribution in [1.82, 2.24) is 0 Å². The second-order valence-corrected chi connectivity index (χ2v) is 8.39. The molecule has 1 aromatic rings. The van der Waals surface area contributed by atoms with Crippen LogP contribution in [0.3, 0.4) is 0 Å². The van der Waals surface area contributed by atoms with Crippen molar-refractivity contribution in [3.05, 3.63) is 23.8 Å². The highest BCUT2D eigenvalue weighted by molar-refractivity contribution is 8.01. The van der Waals surface area contributed by atoms with Gasteiger partial charge < -0.3 is 5.32 Å². The fourth-order valence-corrected chi connectivity index (χ4v) is 4.86. The number of alkyl halides is 3. The van der Waals surface area contributed by atoms with Gasteiger partial charge in [0.2, 0.25) is 11.8 Å². The van der Waals surface area contributed by atoms with Gasteiger partial charge in [0.1, 0.15) is 6.54 Å². The van der Waals surface area contributed by atoms with E-state index in [0.717, 1.165) is 37.8 Å². The number of rotatable bonds is 3. The fourth-order valence-electron chi connectivity index (χ4n) is 3.43. The van der Waals surface area contributed by atoms with Crippen molar-refractivity contribution in [2.75, 3.05) is 16.8 Å². The molecule has 1 N–H and O–H groups in total. The van der Waals surface area contributed by atoms with Crippen molar-refractivity contribution >= 4 is 35.0 Å². The number of fused-ring (bicyclic) bond motifs is 1. The van der Waals surface area contributed by atoms with Crippen LogP contribution < -0.4 is 10.2 Å². The third-order valence-electron chi connectivity index (χ3n) is 4.75. The minimum Gasteiger partial charge on any atom is -0.323 e. The summed E-state index contributed by atoms with van der Waals surface area (Å²) in [6.45, 7) is 1.63. The summed E-state index contributed by atoms with van der Waals surface area (Å²) >= 11 is 1.60. The molecule has 0 saturated heterocycles. The van der Waals surface area contributed by atoms with Crippen molar-refractivity contribution in [3.8, 4) is 0 Å². The fraction of sp³-hybridized carbons (Fsp3) is 0.556. The van der Waals surface area contributed by atoms with Gasteiger partial charge in [0.15, 0.2) is 0 Å². The number of halogens is 3. The number of hydrogen-bond donors (Lipinski definition) is 1. The number of carbonyl (C=O) groups is 2. The normalized spacial score (nSPS) is 19.7. The molecule has 0 aromatic heterocycles. The SMILES string of the molecule is CC(SC1CCCCC1)C(=O)N1CC(=O)Nc2cc(C(F)(F)F)ccc21. The lowest BCUT2D eigenvalue weighted by Gasteiger charge is -2.32. The first kappa shape index (κ1) is 19.1. The minimum atomic E-state index is -4.50. The van der Waals surface area contributed by atoms with Crippen LogP contribution in [0.1, 0.15) is 44.6 Å². The van der Waals surface area contributed by atoms with Gasteiger partial charge in [-0.05, 0) is 38.0 Å². The Hall–Kier alpha value is -1.70. The predicted molar refractivity (Wildman–Crippen MR) is 96.4 cm³/mol. The third-order valence-corrected chi connectivity index (χ3v) is 6.22. The van der Waals surface area contributed by atoms with Crippen molar-refractivity contribution in [2.24, 2.45) is 0 Å². The molecule has 0 bridgehead atoms. The van der Waals surface area contributed by atoms with E-state index < -0.39 is 17.6 Å². The van der Waals surface area contributed by atoms with Crippen LogP contribution in [0.4, 0.5) is 24.5 Å². The molecule has 1 atom stereocenters. The van der Waals surface area contributed by atoms with Crippen LogP contribution in [-0.2, 0) is 15.8 Å². The third kappa shape index (κ3) is 4.16. The molecule has 1 aliphatic carbocycles. The Bertz CT molecular complexity index is 702. The van der Waals surface area contributed by atoms with E-state index in [1.807, 2.05) is 0 Å². The molecular formula is C18H21F3N2O2S. The molecule has 2 aliphatic rings. The number of nitrogens with zero attached hydrogens (tertiary/aromatic N) is 1. The first-order valence-electron chi connectivity index (χ1n) is 8.73. The zero-order valence-corrected chi connectivity index (χ0v) is 15.3. The van der Waals surface area contributed by atoms with Crippen LogP contribution in [0.5, 0.6) is 0 Å². The zero-order chi connectivity index (χ0) is 18.9. The molecule has 2 amide bonds. The summed E-state index contributed by atoms with van der Waals surface area (Å²) in [7, 11) is 0. The van der Waals surface area contributed by atoms with Crippen LogP contribution in [0, 0.1) is 0 Å². The first-order chi connectivity index (χ1) is 12.3. The van der Waals surface area contributed by atoms with E-state index in [9.17, 15) is 22.8 Å². The second-order valence-electron chi connectivity index (χ2n) is 6.74. The van der Waals surface area contributed by atoms with Gasteiger partial charge in [-0.2, -0.15) is 13.2 Å². The number of carbonyl (C=O) groups excluding carboxylic acids is 2. The highest BCUT2D eigenvalue weighted by atomic mass is 32.2. The van der Waals surface area contributed by atoms with Gasteiger partial charge in [-0.25, -0.2) is 0 Å². The average molecular weight is 386 g/mol. The van der Waals surface area contributed by atoms with Gasteiger partial charge in [-0.15, -0.1) is 11.8 Å². The van der Waals surface area contributed by atoms with Gasteiger partial charge in [-0.3, -0.25) is 14.5 Å². The lowest BCUT2D eigenvalue weighted by Crippen LogP contribution is -2.45. The Morgan fingerprint density at radius 2 is 1.96 bits per heavy atom. The summed E-state index contributed by atoms with van der Waals surface area (Å²) in [5.41, 5.74) is -0.506. The highest BCUT2D eigenvalue weighted by Crippen LogP contribution is 2.38. The highest BCUT2D eigenvalue weighted by Gasteiger charge is 2.35. The zero-order valence-electron chi connectivity index (χ0n) is 14.4. The molecule has 1 fully saturated rings. The molecule has 1 unspecified atom stereocenters. The van der Waals surface area contributed by atoms with Crippen molar-refractivity contribution in [3.63, 3.8) is 0 Å². The Morgan fingerprint density at radius 3 is 2.62 bits per heavy atom. The number of anilines is 2. The standard InChI is InChI=1S/C18H21F3N2O2S/c1-11(26-13-5-3-2-4-6-13)17(25)23-10-16(24)22-14-9-12(18(19,20)21)7-8-15(14)23/h7-9,11,13H,2-6,10H2,1H3,(H,22,24). The van der Waals surface area contributed by atoms with Crippen molar-refractivity contribution < 1.29 is 22.8 Å². The van der Waals surface area contributed by atoms with Gasteiger partial charge in [-0.1, -0.05) is 19.3 Å². The molecule has 1 aromatic carbocycles. The summed E-state index contributed by atoms with van der Waals surface area (Å²) in [6, 6.07) is 3.08. The second kappa shape index (κ2) is 7.50. The average Bonchev–Trinajstić information content (AvgIpc) is 2.59. The van der Waals surface area contributed by atoms with E-state index in [-0.39, 0.29) is 23.4 Å². The molecule has 0 spiro atoms. The molecule has 1 saturated carbocycles. The maximum absolute atomic E-state index is 12.9. The molecule has 1 heterocycles. The summed E-state index contributed by atoms with van der Waals surface area (Å²) < 4.78 is 38.7. The lowest BCUT2D eigenvalue weighted by molar-refractivity contribution is -0.137. The minimum absolute atomic E-state index is 0.0271. The molecule has 1 aliphatic heterocycles. The Morgan fingerprint density at radius 1 is 1.27 bits per heavy atom. The maximum atomic E-state index is 12.9. The number of nitrogens with one attached hydrogen (secondary N) is 1. The van der Waals surface area contributed by atoms with E-state index in [4.69, 9.17) is 0 Å². The number of benzene rings is 1. The Kier molecular flexibility index (Phi) is 5.50. The van der Waals surface area contributed by atoms with Crippen LogP contribution in [0.25, 0.3) is 0 Å². The molecule has 142 valence electrons. The molecular weight excluding hydrogens is 365 g/mol. The molecule has 26 heavy (non-hydrogen) atoms. The molecule has 3 rings (SSSR count). The lowest BCUT2D eigenvalue weighted by atomic mass is 10.0. The van der Waals surface area contributed by atoms with Crippen LogP contribution >= 0.6 is 11.8 Å². The molecule has 8 heteroatoms. The van der Waals surface area contributed by atoms with Gasteiger partial charge in [0.25, 0.3) is 0 Å². The summed E-state index contributed by atoms with van der Waals surface area (Å²) in [5, 5.41) is 2.51. The number of thioether (sulfide) groups is 1. The van der Waals surface area contributed by atoms with Crippen molar-refractivity contribution in [2.45, 2.75) is 55.7 Å². The van der Waals surface area contributed by atoms with Crippen LogP contribution in [0.15, 0.2) is 18.2 Å². The maximum Gasteiger partial charge on any atom is 0.416 e. The summed E-state index contributed by atoms with van der Waals surface area (Å²) in [4.78, 5) is 26.1. The Balaban J connectivity index is 1.79. The van der Waals surface area contributed by atoms with E-state index in [1.165, 1.54) is 17.4 Å². The Labute approximate surface area is 154 Å². The molecule has 4 nitrogen and oxygen atoms in total. The topological polar surface area (TPSA) is 49.4 Å². The monoisotopic (exact) mass is 386 g/mol. The van der Waals surface area contributed by atoms with Crippen LogP contribution in [-0.4, -0.2) is 28.9 Å². The van der Waals surface area contributed by atoms with E-state index in [2.05, 4.69) is 5.32 Å². The van der Waals surface area contributed by atoms with E-state index >= 15 is 0 Å². The smallest absolute Gasteiger partial charge is 0.323 e. The van der Waals surface area contributed by atoms with Gasteiger partial charge in [0, 0.05) is 5.25 Å². The van der Waals surface area contributed by atoms with E-state index in [1.54, 1.807) is 18.7 Å². The summed E-state index contributed by atoms with van der Waals surface area (Å²) in [6.07, 6.45) is 1.20. The number of amides is 2.